The summed E-state index contributed by atoms with van der Waals surface area (Å²) in [6.45, 7) is 5.41. The number of nitrogens with zero attached hydrogens (tertiary/aromatic N) is 5. The Labute approximate surface area is 163 Å². The summed E-state index contributed by atoms with van der Waals surface area (Å²) in [5.41, 5.74) is 7.69. The maximum absolute atomic E-state index is 12.5. The Morgan fingerprint density at radius 3 is 2.18 bits per heavy atom. The molecular weight excluding hydrogens is 356 g/mol. The molecule has 2 N–H and O–H groups in total. The van der Waals surface area contributed by atoms with Crippen LogP contribution in [-0.4, -0.2) is 39.1 Å². The van der Waals surface area contributed by atoms with Crippen molar-refractivity contribution in [2.24, 2.45) is 0 Å². The second kappa shape index (κ2) is 7.59. The van der Waals surface area contributed by atoms with Crippen molar-refractivity contribution in [2.45, 2.75) is 26.4 Å². The van der Waals surface area contributed by atoms with Crippen LogP contribution in [0, 0.1) is 0 Å². The topological polar surface area (TPSA) is 107 Å². The Balaban J connectivity index is 1.95. The minimum atomic E-state index is -0.622. The van der Waals surface area contributed by atoms with Gasteiger partial charge in [-0.25, -0.2) is 4.79 Å². The molecule has 3 rings (SSSR count). The van der Waals surface area contributed by atoms with E-state index in [1.54, 1.807) is 46.0 Å². The Bertz CT molecular complexity index is 968. The van der Waals surface area contributed by atoms with Gasteiger partial charge < -0.3 is 10.5 Å². The average molecular weight is 378 g/mol. The first-order chi connectivity index (χ1) is 13.2. The largest absolute Gasteiger partial charge is 0.443 e. The molecule has 0 spiro atoms. The van der Waals surface area contributed by atoms with Crippen LogP contribution in [0.5, 0.6) is 0 Å². The zero-order chi connectivity index (χ0) is 20.3. The van der Waals surface area contributed by atoms with Crippen molar-refractivity contribution in [3.63, 3.8) is 0 Å². The molecule has 3 aromatic rings. The molecule has 144 valence electrons. The van der Waals surface area contributed by atoms with E-state index in [1.807, 2.05) is 30.3 Å². The van der Waals surface area contributed by atoms with Gasteiger partial charge in [-0.05, 0) is 39.0 Å². The van der Waals surface area contributed by atoms with Crippen LogP contribution in [0.15, 0.2) is 48.5 Å². The third kappa shape index (κ3) is 4.40. The van der Waals surface area contributed by atoms with E-state index in [0.717, 1.165) is 5.56 Å². The van der Waals surface area contributed by atoms with Crippen LogP contribution in [0.2, 0.25) is 0 Å². The summed E-state index contributed by atoms with van der Waals surface area (Å²) in [6.07, 6.45) is -0.513. The van der Waals surface area contributed by atoms with E-state index in [2.05, 4.69) is 20.4 Å². The third-order valence-corrected chi connectivity index (χ3v) is 3.80. The van der Waals surface area contributed by atoms with E-state index in [0.29, 0.717) is 22.8 Å². The number of aromatic nitrogens is 4. The standard InChI is InChI=1S/C20H22N6O2/c1-20(2,3)28-19(27)26(4)16-12-14(21)10-11-15(16)18-24-22-17(23-25-18)13-8-6-5-7-9-13/h5-12H,21H2,1-4H3. The summed E-state index contributed by atoms with van der Waals surface area (Å²) in [5.74, 6) is 0.701. The molecule has 0 atom stereocenters. The molecule has 0 aliphatic carbocycles. The van der Waals surface area contributed by atoms with E-state index in [9.17, 15) is 4.79 Å². The number of amides is 1. The molecule has 0 saturated carbocycles. The first-order valence-corrected chi connectivity index (χ1v) is 8.74. The molecule has 0 saturated heterocycles. The Hall–Kier alpha value is -3.55. The Morgan fingerprint density at radius 1 is 0.964 bits per heavy atom. The van der Waals surface area contributed by atoms with Crippen LogP contribution >= 0.6 is 0 Å². The van der Waals surface area contributed by atoms with Crippen molar-refractivity contribution in [3.8, 4) is 22.8 Å². The predicted octanol–water partition coefficient (Wildman–Crippen LogP) is 3.55. The molecule has 0 bridgehead atoms. The number of carbonyl (C=O) groups excluding carboxylic acids is 1. The number of nitrogen functional groups attached to an aromatic ring is 1. The number of nitrogens with two attached hydrogens (primary N) is 1. The number of hydrogen-bond acceptors (Lipinski definition) is 7. The fraction of sp³-hybridized carbons (Fsp3) is 0.250. The SMILES string of the molecule is CN(C(=O)OC(C)(C)C)c1cc(N)ccc1-c1nnc(-c2ccccc2)nn1. The molecule has 1 amide bonds. The lowest BCUT2D eigenvalue weighted by Crippen LogP contribution is -2.34. The lowest BCUT2D eigenvalue weighted by molar-refractivity contribution is 0.0589. The second-order valence-electron chi connectivity index (χ2n) is 7.23. The average Bonchev–Trinajstić information content (AvgIpc) is 2.67. The molecule has 0 aliphatic heterocycles. The van der Waals surface area contributed by atoms with Crippen LogP contribution in [0.25, 0.3) is 22.8 Å². The molecular formula is C20H22N6O2. The molecule has 0 radical (unpaired) electrons. The Kier molecular flexibility index (Phi) is 5.21. The zero-order valence-corrected chi connectivity index (χ0v) is 16.2. The van der Waals surface area contributed by atoms with Gasteiger partial charge in [-0.1, -0.05) is 30.3 Å². The van der Waals surface area contributed by atoms with Gasteiger partial charge in [-0.3, -0.25) is 4.90 Å². The van der Waals surface area contributed by atoms with Crippen molar-refractivity contribution < 1.29 is 9.53 Å². The second-order valence-corrected chi connectivity index (χ2v) is 7.23. The van der Waals surface area contributed by atoms with Gasteiger partial charge in [0.25, 0.3) is 0 Å². The molecule has 2 aromatic carbocycles. The van der Waals surface area contributed by atoms with Crippen LogP contribution in [0.4, 0.5) is 16.2 Å². The minimum absolute atomic E-state index is 0.282. The predicted molar refractivity (Wildman–Crippen MR) is 108 cm³/mol. The highest BCUT2D eigenvalue weighted by molar-refractivity contribution is 5.93. The summed E-state index contributed by atoms with van der Waals surface area (Å²) >= 11 is 0. The number of ether oxygens (including phenoxy) is 1. The van der Waals surface area contributed by atoms with E-state index < -0.39 is 11.7 Å². The van der Waals surface area contributed by atoms with Gasteiger partial charge >= 0.3 is 6.09 Å². The van der Waals surface area contributed by atoms with E-state index in [1.165, 1.54) is 4.90 Å². The van der Waals surface area contributed by atoms with Gasteiger partial charge in [0.05, 0.1) is 5.69 Å². The van der Waals surface area contributed by atoms with Crippen molar-refractivity contribution in [1.29, 1.82) is 0 Å². The van der Waals surface area contributed by atoms with Crippen LogP contribution in [0.3, 0.4) is 0 Å². The molecule has 28 heavy (non-hydrogen) atoms. The van der Waals surface area contributed by atoms with Gasteiger partial charge in [-0.2, -0.15) is 0 Å². The van der Waals surface area contributed by atoms with E-state index >= 15 is 0 Å². The zero-order valence-electron chi connectivity index (χ0n) is 16.2. The maximum Gasteiger partial charge on any atom is 0.414 e. The maximum atomic E-state index is 12.5. The van der Waals surface area contributed by atoms with E-state index in [4.69, 9.17) is 10.5 Å². The fourth-order valence-electron chi connectivity index (χ4n) is 2.48. The van der Waals surface area contributed by atoms with Crippen molar-refractivity contribution in [2.75, 3.05) is 17.7 Å². The minimum Gasteiger partial charge on any atom is -0.443 e. The van der Waals surface area contributed by atoms with Crippen LogP contribution in [0.1, 0.15) is 20.8 Å². The van der Waals surface area contributed by atoms with Gasteiger partial charge in [0.2, 0.25) is 11.6 Å². The molecule has 0 fully saturated rings. The summed E-state index contributed by atoms with van der Waals surface area (Å²) in [5, 5.41) is 16.7. The van der Waals surface area contributed by atoms with Crippen molar-refractivity contribution in [3.05, 3.63) is 48.5 Å². The fourth-order valence-corrected chi connectivity index (χ4v) is 2.48. The monoisotopic (exact) mass is 378 g/mol. The summed E-state index contributed by atoms with van der Waals surface area (Å²) in [7, 11) is 1.60. The van der Waals surface area contributed by atoms with Crippen LogP contribution in [-0.2, 0) is 4.74 Å². The van der Waals surface area contributed by atoms with Gasteiger partial charge in [-0.15, -0.1) is 20.4 Å². The highest BCUT2D eigenvalue weighted by Gasteiger charge is 2.23. The van der Waals surface area contributed by atoms with Gasteiger partial charge in [0.15, 0.2) is 0 Å². The smallest absolute Gasteiger partial charge is 0.414 e. The first kappa shape index (κ1) is 19.2. The Morgan fingerprint density at radius 2 is 1.57 bits per heavy atom. The van der Waals surface area contributed by atoms with Crippen LogP contribution < -0.4 is 10.6 Å². The molecule has 8 heteroatoms. The van der Waals surface area contributed by atoms with E-state index in [-0.39, 0.29) is 5.82 Å². The van der Waals surface area contributed by atoms with Crippen molar-refractivity contribution >= 4 is 17.5 Å². The summed E-state index contributed by atoms with van der Waals surface area (Å²) < 4.78 is 5.44. The highest BCUT2D eigenvalue weighted by Crippen LogP contribution is 2.30. The normalized spacial score (nSPS) is 11.1. The number of rotatable bonds is 3. The highest BCUT2D eigenvalue weighted by atomic mass is 16.6. The van der Waals surface area contributed by atoms with Gasteiger partial charge in [0.1, 0.15) is 5.60 Å². The molecule has 0 unspecified atom stereocenters. The number of hydrogen-bond donors (Lipinski definition) is 1. The summed E-state index contributed by atoms with van der Waals surface area (Å²) in [6, 6.07) is 14.5. The molecule has 1 aromatic heterocycles. The number of anilines is 2. The van der Waals surface area contributed by atoms with Gasteiger partial charge in [0, 0.05) is 23.9 Å². The lowest BCUT2D eigenvalue weighted by atomic mass is 10.1. The summed E-state index contributed by atoms with van der Waals surface area (Å²) in [4.78, 5) is 13.9. The number of benzene rings is 2. The first-order valence-electron chi connectivity index (χ1n) is 8.74. The van der Waals surface area contributed by atoms with Crippen molar-refractivity contribution in [1.82, 2.24) is 20.4 Å². The number of carbonyl (C=O) groups is 1. The lowest BCUT2D eigenvalue weighted by Gasteiger charge is -2.25. The molecule has 1 heterocycles. The third-order valence-electron chi connectivity index (χ3n) is 3.80. The molecule has 0 aliphatic rings. The molecule has 8 nitrogen and oxygen atoms in total. The quantitative estimate of drug-likeness (QED) is 0.694.